The number of para-hydroxylation sites is 1. The first-order valence-corrected chi connectivity index (χ1v) is 12.5. The molecular formula is C26H23ClN6S. The average Bonchev–Trinajstić information content (AvgIpc) is 3.52. The van der Waals surface area contributed by atoms with Crippen molar-refractivity contribution < 1.29 is 0 Å². The monoisotopic (exact) mass is 486 g/mol. The van der Waals surface area contributed by atoms with E-state index in [1.54, 1.807) is 17.7 Å². The van der Waals surface area contributed by atoms with Crippen molar-refractivity contribution in [3.05, 3.63) is 100 Å². The molecule has 6 rings (SSSR count). The third-order valence-electron chi connectivity index (χ3n) is 6.30. The van der Waals surface area contributed by atoms with Crippen LogP contribution in [0.4, 0.5) is 5.82 Å². The lowest BCUT2D eigenvalue weighted by Crippen LogP contribution is -2.48. The highest BCUT2D eigenvalue weighted by molar-refractivity contribution is 7.16. The van der Waals surface area contributed by atoms with Crippen LogP contribution in [0.1, 0.15) is 16.5 Å². The highest BCUT2D eigenvalue weighted by atomic mass is 35.5. The van der Waals surface area contributed by atoms with Gasteiger partial charge in [0, 0.05) is 31.1 Å². The summed E-state index contributed by atoms with van der Waals surface area (Å²) in [6, 6.07) is 25.1. The van der Waals surface area contributed by atoms with Crippen molar-refractivity contribution in [1.82, 2.24) is 24.6 Å². The summed E-state index contributed by atoms with van der Waals surface area (Å²) in [6.45, 7) is 3.61. The van der Waals surface area contributed by atoms with Crippen LogP contribution in [-0.2, 0) is 0 Å². The van der Waals surface area contributed by atoms with Gasteiger partial charge < -0.3 is 4.90 Å². The summed E-state index contributed by atoms with van der Waals surface area (Å²) in [7, 11) is 0. The Bertz CT molecular complexity index is 1390. The number of hydrogen-bond donors (Lipinski definition) is 0. The van der Waals surface area contributed by atoms with Crippen molar-refractivity contribution in [2.45, 2.75) is 6.04 Å². The molecule has 3 aromatic heterocycles. The standard InChI is InChI=1S/C26H23ClN6S/c27-23-12-11-22(34-23)24(19-7-3-1-4-8-19)31-13-15-32(16-14-31)25-21-17-30-33(26(21)29-18-28-25)20-9-5-2-6-10-20/h1-12,17-18,24H,13-16H2. The Balaban J connectivity index is 1.27. The van der Waals surface area contributed by atoms with Crippen molar-refractivity contribution in [2.75, 3.05) is 31.1 Å². The fraction of sp³-hybridized carbons (Fsp3) is 0.192. The van der Waals surface area contributed by atoms with Gasteiger partial charge in [-0.15, -0.1) is 11.3 Å². The van der Waals surface area contributed by atoms with Crippen molar-refractivity contribution in [1.29, 1.82) is 0 Å². The van der Waals surface area contributed by atoms with E-state index in [1.807, 2.05) is 47.3 Å². The first-order valence-electron chi connectivity index (χ1n) is 11.3. The largest absolute Gasteiger partial charge is 0.353 e. The van der Waals surface area contributed by atoms with Crippen LogP contribution in [0.5, 0.6) is 0 Å². The van der Waals surface area contributed by atoms with Crippen LogP contribution in [0, 0.1) is 0 Å². The highest BCUT2D eigenvalue weighted by Gasteiger charge is 2.29. The van der Waals surface area contributed by atoms with Crippen molar-refractivity contribution in [2.24, 2.45) is 0 Å². The summed E-state index contributed by atoms with van der Waals surface area (Å²) in [5.41, 5.74) is 3.12. The number of thiophene rings is 1. The van der Waals surface area contributed by atoms with Crippen LogP contribution in [0.15, 0.2) is 85.3 Å². The molecule has 1 saturated heterocycles. The highest BCUT2D eigenvalue weighted by Crippen LogP contribution is 2.36. The lowest BCUT2D eigenvalue weighted by atomic mass is 10.0. The van der Waals surface area contributed by atoms with Gasteiger partial charge in [-0.3, -0.25) is 4.90 Å². The normalized spacial score (nSPS) is 15.6. The zero-order valence-electron chi connectivity index (χ0n) is 18.5. The lowest BCUT2D eigenvalue weighted by Gasteiger charge is -2.39. The molecule has 8 heteroatoms. The van der Waals surface area contributed by atoms with Crippen LogP contribution in [0.3, 0.4) is 0 Å². The van der Waals surface area contributed by atoms with Gasteiger partial charge in [-0.1, -0.05) is 60.1 Å². The lowest BCUT2D eigenvalue weighted by molar-refractivity contribution is 0.214. The Morgan fingerprint density at radius 1 is 0.824 bits per heavy atom. The molecule has 0 aliphatic carbocycles. The molecule has 5 aromatic rings. The third kappa shape index (κ3) is 3.96. The Morgan fingerprint density at radius 2 is 1.56 bits per heavy atom. The SMILES string of the molecule is Clc1ccc(C(c2ccccc2)N2CCN(c3ncnc4c3cnn4-c3ccccc3)CC2)s1. The first kappa shape index (κ1) is 21.3. The molecule has 0 radical (unpaired) electrons. The smallest absolute Gasteiger partial charge is 0.168 e. The molecule has 0 N–H and O–H groups in total. The topological polar surface area (TPSA) is 50.1 Å². The number of benzene rings is 2. The molecule has 1 aliphatic rings. The van der Waals surface area contributed by atoms with E-state index in [9.17, 15) is 0 Å². The van der Waals surface area contributed by atoms with Crippen LogP contribution >= 0.6 is 22.9 Å². The van der Waals surface area contributed by atoms with Gasteiger partial charge in [-0.05, 0) is 29.8 Å². The number of rotatable bonds is 5. The maximum atomic E-state index is 6.31. The summed E-state index contributed by atoms with van der Waals surface area (Å²) < 4.78 is 2.70. The Kier molecular flexibility index (Phi) is 5.74. The van der Waals surface area contributed by atoms with E-state index in [0.29, 0.717) is 0 Å². The molecule has 1 fully saturated rings. The number of piperazine rings is 1. The molecule has 1 atom stereocenters. The number of aromatic nitrogens is 4. The van der Waals surface area contributed by atoms with Crippen LogP contribution in [0.25, 0.3) is 16.7 Å². The summed E-state index contributed by atoms with van der Waals surface area (Å²) in [5, 5.41) is 5.59. The molecule has 4 heterocycles. The molecule has 0 saturated carbocycles. The van der Waals surface area contributed by atoms with Crippen LogP contribution in [0.2, 0.25) is 4.34 Å². The number of fused-ring (bicyclic) bond motifs is 1. The van der Waals surface area contributed by atoms with Gasteiger partial charge in [0.15, 0.2) is 5.65 Å². The maximum absolute atomic E-state index is 6.31. The van der Waals surface area contributed by atoms with Gasteiger partial charge in [0.25, 0.3) is 0 Å². The minimum atomic E-state index is 0.201. The maximum Gasteiger partial charge on any atom is 0.168 e. The number of nitrogens with zero attached hydrogens (tertiary/aromatic N) is 6. The van der Waals surface area contributed by atoms with Gasteiger partial charge >= 0.3 is 0 Å². The second-order valence-corrected chi connectivity index (χ2v) is 10.1. The van der Waals surface area contributed by atoms with Crippen LogP contribution in [-0.4, -0.2) is 50.8 Å². The Hall–Kier alpha value is -3.26. The molecule has 34 heavy (non-hydrogen) atoms. The zero-order valence-corrected chi connectivity index (χ0v) is 20.0. The first-order chi connectivity index (χ1) is 16.8. The van der Waals surface area contributed by atoms with E-state index in [0.717, 1.165) is 53.1 Å². The Morgan fingerprint density at radius 3 is 2.26 bits per heavy atom. The number of hydrogen-bond acceptors (Lipinski definition) is 6. The second-order valence-electron chi connectivity index (χ2n) is 8.30. The molecule has 0 amide bonds. The minimum absolute atomic E-state index is 0.201. The van der Waals surface area contributed by atoms with Gasteiger partial charge in [-0.25, -0.2) is 14.6 Å². The molecule has 1 aliphatic heterocycles. The van der Waals surface area contributed by atoms with E-state index in [1.165, 1.54) is 10.4 Å². The zero-order chi connectivity index (χ0) is 22.9. The molecule has 6 nitrogen and oxygen atoms in total. The van der Waals surface area contributed by atoms with Crippen molar-refractivity contribution in [3.8, 4) is 5.69 Å². The van der Waals surface area contributed by atoms with Crippen molar-refractivity contribution in [3.63, 3.8) is 0 Å². The van der Waals surface area contributed by atoms with Gasteiger partial charge in [0.2, 0.25) is 0 Å². The molecule has 0 bridgehead atoms. The van der Waals surface area contributed by atoms with E-state index in [4.69, 9.17) is 11.6 Å². The number of anilines is 1. The Labute approximate surface area is 207 Å². The summed E-state index contributed by atoms with van der Waals surface area (Å²) in [5.74, 6) is 0.947. The fourth-order valence-electron chi connectivity index (χ4n) is 4.70. The molecule has 2 aromatic carbocycles. The summed E-state index contributed by atoms with van der Waals surface area (Å²) in [6.07, 6.45) is 3.52. The summed E-state index contributed by atoms with van der Waals surface area (Å²) >= 11 is 7.97. The molecule has 0 spiro atoms. The van der Waals surface area contributed by atoms with Crippen molar-refractivity contribution >= 4 is 39.8 Å². The van der Waals surface area contributed by atoms with Gasteiger partial charge in [0.05, 0.1) is 27.6 Å². The molecular weight excluding hydrogens is 464 g/mol. The fourth-order valence-corrected chi connectivity index (χ4v) is 5.92. The minimum Gasteiger partial charge on any atom is -0.353 e. The second kappa shape index (κ2) is 9.18. The van der Waals surface area contributed by atoms with E-state index in [2.05, 4.69) is 61.3 Å². The van der Waals surface area contributed by atoms with Gasteiger partial charge in [0.1, 0.15) is 12.1 Å². The van der Waals surface area contributed by atoms with E-state index >= 15 is 0 Å². The predicted octanol–water partition coefficient (Wildman–Crippen LogP) is 5.44. The summed E-state index contributed by atoms with van der Waals surface area (Å²) in [4.78, 5) is 15.4. The molecule has 1 unspecified atom stereocenters. The molecule has 170 valence electrons. The van der Waals surface area contributed by atoms with E-state index < -0.39 is 0 Å². The predicted molar refractivity (Wildman–Crippen MR) is 138 cm³/mol. The average molecular weight is 487 g/mol. The quantitative estimate of drug-likeness (QED) is 0.331. The third-order valence-corrected chi connectivity index (χ3v) is 7.59. The van der Waals surface area contributed by atoms with Gasteiger partial charge in [-0.2, -0.15) is 5.10 Å². The van der Waals surface area contributed by atoms with Crippen LogP contribution < -0.4 is 4.90 Å². The number of halogens is 1. The van der Waals surface area contributed by atoms with E-state index in [-0.39, 0.29) is 6.04 Å².